The van der Waals surface area contributed by atoms with E-state index >= 15 is 0 Å². The second kappa shape index (κ2) is 6.30. The Labute approximate surface area is 156 Å². The van der Waals surface area contributed by atoms with Crippen molar-refractivity contribution in [1.29, 1.82) is 0 Å². The molecule has 10 heteroatoms. The van der Waals surface area contributed by atoms with Gasteiger partial charge in [-0.25, -0.2) is 15.0 Å². The number of carbonyl (C=O) groups excluding carboxylic acids is 1. The molecule has 1 amide bonds. The van der Waals surface area contributed by atoms with Gasteiger partial charge in [0.1, 0.15) is 24.1 Å². The van der Waals surface area contributed by atoms with Crippen molar-refractivity contribution in [3.8, 4) is 11.3 Å². The molecule has 1 atom stereocenters. The molecule has 1 unspecified atom stereocenters. The van der Waals surface area contributed by atoms with E-state index in [9.17, 15) is 4.79 Å². The van der Waals surface area contributed by atoms with Gasteiger partial charge in [-0.3, -0.25) is 9.13 Å². The molecule has 0 aliphatic heterocycles. The number of amides is 1. The Morgan fingerprint density at radius 3 is 2.81 bits per heavy atom. The number of halogens is 1. The van der Waals surface area contributed by atoms with Crippen LogP contribution in [0.1, 0.15) is 0 Å². The summed E-state index contributed by atoms with van der Waals surface area (Å²) >= 11 is 6.08. The van der Waals surface area contributed by atoms with E-state index in [1.165, 1.54) is 0 Å². The highest BCUT2D eigenvalue weighted by atomic mass is 35.5. The summed E-state index contributed by atoms with van der Waals surface area (Å²) in [5.74, 6) is 0.00338. The van der Waals surface area contributed by atoms with Gasteiger partial charge < -0.3 is 9.47 Å². The molecule has 1 aromatic carbocycles. The van der Waals surface area contributed by atoms with Crippen LogP contribution in [0.15, 0.2) is 30.9 Å². The van der Waals surface area contributed by atoms with E-state index in [-0.39, 0.29) is 17.7 Å². The highest BCUT2D eigenvalue weighted by Gasteiger charge is 2.15. The number of imidazole rings is 2. The molecule has 0 saturated heterocycles. The number of hydrogen-bond donors (Lipinski definition) is 0. The van der Waals surface area contributed by atoms with Crippen molar-refractivity contribution in [3.63, 3.8) is 0 Å². The topological polar surface area (TPSA) is 81.7 Å². The molecule has 0 aliphatic rings. The van der Waals surface area contributed by atoms with Gasteiger partial charge in [0.2, 0.25) is 11.2 Å². The number of benzene rings is 1. The zero-order chi connectivity index (χ0) is 18.4. The van der Waals surface area contributed by atoms with Crippen LogP contribution in [0.5, 0.6) is 0 Å². The van der Waals surface area contributed by atoms with E-state index in [1.807, 2.05) is 22.8 Å². The first-order valence-electron chi connectivity index (χ1n) is 7.75. The minimum absolute atomic E-state index is 0.00338. The predicted octanol–water partition coefficient (Wildman–Crippen LogP) is 2.22. The van der Waals surface area contributed by atoms with Crippen molar-refractivity contribution in [2.75, 3.05) is 14.1 Å². The third-order valence-electron chi connectivity index (χ3n) is 4.09. The standard InChI is InChI=1S/C16H15ClN7OP/c1-22(2)12(25)6-23-7-18-10-5-9(3-4-11(10)23)13-14-15(21-16(17)20-13)24(26)8-19-14/h3-5,7-8H,6,26H2,1-2H3. The SMILES string of the molecule is CN(C)C(=O)Cn1cnc2cc(-c3nc(Cl)nc4c3ncn4P)ccc21. The first kappa shape index (κ1) is 16.9. The summed E-state index contributed by atoms with van der Waals surface area (Å²) in [6.07, 6.45) is 3.31. The molecule has 0 aliphatic carbocycles. The minimum atomic E-state index is 0.00338. The number of hydrogen-bond acceptors (Lipinski definition) is 5. The molecule has 4 rings (SSSR count). The molecule has 0 spiro atoms. The molecule has 8 nitrogen and oxygen atoms in total. The maximum Gasteiger partial charge on any atom is 0.242 e. The Bertz CT molecular complexity index is 1150. The lowest BCUT2D eigenvalue weighted by atomic mass is 10.1. The maximum atomic E-state index is 12.0. The second-order valence-electron chi connectivity index (χ2n) is 6.03. The van der Waals surface area contributed by atoms with Crippen LogP contribution in [0.3, 0.4) is 0 Å². The van der Waals surface area contributed by atoms with Crippen molar-refractivity contribution in [2.24, 2.45) is 0 Å². The molecular formula is C16H15ClN7OP. The average Bonchev–Trinajstić information content (AvgIpc) is 3.18. The Morgan fingerprint density at radius 2 is 2.04 bits per heavy atom. The molecule has 0 radical (unpaired) electrons. The van der Waals surface area contributed by atoms with Crippen molar-refractivity contribution in [1.82, 2.24) is 33.7 Å². The summed E-state index contributed by atoms with van der Waals surface area (Å²) in [7, 11) is 5.98. The molecular weight excluding hydrogens is 373 g/mol. The van der Waals surface area contributed by atoms with Gasteiger partial charge in [0, 0.05) is 19.7 Å². The van der Waals surface area contributed by atoms with Gasteiger partial charge in [0.15, 0.2) is 5.65 Å². The van der Waals surface area contributed by atoms with Crippen LogP contribution in [0.4, 0.5) is 0 Å². The summed E-state index contributed by atoms with van der Waals surface area (Å²) in [5.41, 5.74) is 4.40. The van der Waals surface area contributed by atoms with Gasteiger partial charge in [0.25, 0.3) is 0 Å². The molecule has 0 bridgehead atoms. The normalized spacial score (nSPS) is 11.4. The van der Waals surface area contributed by atoms with E-state index < -0.39 is 0 Å². The number of aromatic nitrogens is 6. The van der Waals surface area contributed by atoms with E-state index in [4.69, 9.17) is 11.6 Å². The van der Waals surface area contributed by atoms with Gasteiger partial charge in [-0.15, -0.1) is 0 Å². The number of likely N-dealkylation sites (N-methyl/N-ethyl adjacent to an activating group) is 1. The lowest BCUT2D eigenvalue weighted by Crippen LogP contribution is -2.25. The molecule has 4 aromatic rings. The quantitative estimate of drug-likeness (QED) is 0.397. The summed E-state index contributed by atoms with van der Waals surface area (Å²) in [5, 5.41) is 0.152. The van der Waals surface area contributed by atoms with Gasteiger partial charge in [0.05, 0.1) is 17.4 Å². The lowest BCUT2D eigenvalue weighted by molar-refractivity contribution is -0.129. The third kappa shape index (κ3) is 2.81. The molecule has 0 fully saturated rings. The fourth-order valence-corrected chi connectivity index (χ4v) is 3.13. The first-order valence-corrected chi connectivity index (χ1v) is 8.64. The molecule has 3 heterocycles. The van der Waals surface area contributed by atoms with Crippen molar-refractivity contribution in [2.45, 2.75) is 6.54 Å². The zero-order valence-electron chi connectivity index (χ0n) is 14.1. The Kier molecular flexibility index (Phi) is 4.09. The molecule has 3 aromatic heterocycles. The summed E-state index contributed by atoms with van der Waals surface area (Å²) in [4.78, 5) is 30.8. The van der Waals surface area contributed by atoms with Crippen LogP contribution >= 0.6 is 21.0 Å². The fraction of sp³-hybridized carbons (Fsp3) is 0.188. The maximum absolute atomic E-state index is 12.0. The van der Waals surface area contributed by atoms with Crippen molar-refractivity contribution in [3.05, 3.63) is 36.1 Å². The Hall–Kier alpha value is -2.57. The first-order chi connectivity index (χ1) is 12.4. The average molecular weight is 388 g/mol. The number of fused-ring (bicyclic) bond motifs is 2. The van der Waals surface area contributed by atoms with Crippen molar-refractivity contribution < 1.29 is 4.79 Å². The Balaban J connectivity index is 1.81. The minimum Gasteiger partial charge on any atom is -0.347 e. The monoisotopic (exact) mass is 387 g/mol. The van der Waals surface area contributed by atoms with Crippen LogP contribution in [-0.4, -0.2) is 53.7 Å². The fourth-order valence-electron chi connectivity index (χ4n) is 2.72. The number of carbonyl (C=O) groups is 1. The number of nitrogens with zero attached hydrogens (tertiary/aromatic N) is 7. The van der Waals surface area contributed by atoms with E-state index in [2.05, 4.69) is 29.3 Å². The largest absolute Gasteiger partial charge is 0.347 e. The smallest absolute Gasteiger partial charge is 0.242 e. The van der Waals surface area contributed by atoms with Crippen LogP contribution in [0, 0.1) is 0 Å². The van der Waals surface area contributed by atoms with Gasteiger partial charge in [-0.1, -0.05) is 6.07 Å². The van der Waals surface area contributed by atoms with Crippen LogP contribution < -0.4 is 0 Å². The second-order valence-corrected chi connectivity index (χ2v) is 6.92. The van der Waals surface area contributed by atoms with Crippen LogP contribution in [0.2, 0.25) is 5.28 Å². The summed E-state index contributed by atoms with van der Waals surface area (Å²) < 4.78 is 3.54. The third-order valence-corrected chi connectivity index (χ3v) is 4.64. The van der Waals surface area contributed by atoms with Crippen LogP contribution in [-0.2, 0) is 11.3 Å². The lowest BCUT2D eigenvalue weighted by Gasteiger charge is -2.11. The van der Waals surface area contributed by atoms with E-state index in [0.29, 0.717) is 16.9 Å². The Morgan fingerprint density at radius 1 is 1.23 bits per heavy atom. The molecule has 132 valence electrons. The summed E-state index contributed by atoms with van der Waals surface area (Å²) in [6, 6.07) is 5.74. The predicted molar refractivity (Wildman–Crippen MR) is 103 cm³/mol. The zero-order valence-corrected chi connectivity index (χ0v) is 16.0. The molecule has 26 heavy (non-hydrogen) atoms. The highest BCUT2D eigenvalue weighted by Crippen LogP contribution is 2.29. The number of rotatable bonds is 3. The van der Waals surface area contributed by atoms with Crippen molar-refractivity contribution >= 4 is 49.1 Å². The highest BCUT2D eigenvalue weighted by molar-refractivity contribution is 7.14. The molecule has 0 N–H and O–H groups in total. The van der Waals surface area contributed by atoms with Gasteiger partial charge >= 0.3 is 0 Å². The summed E-state index contributed by atoms with van der Waals surface area (Å²) in [6.45, 7) is 0.240. The van der Waals surface area contributed by atoms with Gasteiger partial charge in [-0.05, 0) is 33.1 Å². The van der Waals surface area contributed by atoms with Crippen LogP contribution in [0.25, 0.3) is 33.5 Å². The van der Waals surface area contributed by atoms with E-state index in [0.717, 1.165) is 16.6 Å². The van der Waals surface area contributed by atoms with Gasteiger partial charge in [-0.2, -0.15) is 4.98 Å². The van der Waals surface area contributed by atoms with E-state index in [1.54, 1.807) is 36.0 Å². The molecule has 0 saturated carbocycles.